The molecule has 2 nitrogen and oxygen atoms in total. The summed E-state index contributed by atoms with van der Waals surface area (Å²) in [6, 6.07) is 105. The van der Waals surface area contributed by atoms with Crippen molar-refractivity contribution in [1.82, 2.24) is 4.57 Å². The highest BCUT2D eigenvalue weighted by molar-refractivity contribution is 7.26. The zero-order valence-electron chi connectivity index (χ0n) is 41.9. The van der Waals surface area contributed by atoms with Crippen LogP contribution in [0.25, 0.3) is 81.0 Å². The highest BCUT2D eigenvalue weighted by Crippen LogP contribution is 2.65. The first-order valence-corrected chi connectivity index (χ1v) is 27.6. The first-order chi connectivity index (χ1) is 38.2. The van der Waals surface area contributed by atoms with Gasteiger partial charge in [-0.2, -0.15) is 0 Å². The summed E-state index contributed by atoms with van der Waals surface area (Å²) in [5.74, 6) is 0. The molecule has 3 aliphatic rings. The molecule has 0 fully saturated rings. The molecule has 12 aromatic carbocycles. The number of hydrogen-bond donors (Lipinski definition) is 0. The molecule has 77 heavy (non-hydrogen) atoms. The van der Waals surface area contributed by atoms with Crippen LogP contribution in [-0.4, -0.2) is 4.57 Å². The van der Waals surface area contributed by atoms with Gasteiger partial charge in [0.2, 0.25) is 0 Å². The lowest BCUT2D eigenvalue weighted by Gasteiger charge is -2.35. The normalized spacial score (nSPS) is 13.9. The van der Waals surface area contributed by atoms with Crippen molar-refractivity contribution in [2.45, 2.75) is 10.8 Å². The van der Waals surface area contributed by atoms with Crippen LogP contribution in [0.3, 0.4) is 0 Å². The molecular formula is C74H46N2S. The molecular weight excluding hydrogens is 949 g/mol. The number of para-hydroxylation sites is 1. The standard InChI is InChI=1S/C74H46N2S/c1-4-21-47(22-5-1)73(48-23-6-2-7-24-48)60-32-15-10-29-54(60)55-41-39-51(46-65(55)73)75(67-37-20-36-64-70(67)57-30-13-18-35-63(57)74(64)61-33-16-11-27-52(61)53-28-12-17-34-62(53)74)50-40-43-66-59(45-50)56-42-44-69-71(58-31-14-19-38-68(58)77-69)72(56)76(66)49-25-8-3-9-26-49/h1-46H. The van der Waals surface area contributed by atoms with Gasteiger partial charge in [0, 0.05) is 53.6 Å². The minimum absolute atomic E-state index is 0.502. The van der Waals surface area contributed by atoms with Crippen molar-refractivity contribution in [3.8, 4) is 39.1 Å². The van der Waals surface area contributed by atoms with Gasteiger partial charge in [-0.15, -0.1) is 11.3 Å². The average Bonchev–Trinajstić information content (AvgIpc) is 4.47. The summed E-state index contributed by atoms with van der Waals surface area (Å²) in [7, 11) is 0. The van der Waals surface area contributed by atoms with Crippen LogP contribution in [0.1, 0.15) is 44.5 Å². The first-order valence-electron chi connectivity index (χ1n) is 26.7. The molecule has 0 N–H and O–H groups in total. The molecule has 0 saturated carbocycles. The van der Waals surface area contributed by atoms with Gasteiger partial charge in [-0.25, -0.2) is 0 Å². The summed E-state index contributed by atoms with van der Waals surface area (Å²) in [4.78, 5) is 2.59. The summed E-state index contributed by atoms with van der Waals surface area (Å²) in [6.07, 6.45) is 0. The fourth-order valence-corrected chi connectivity index (χ4v) is 15.7. The molecule has 3 heteroatoms. The van der Waals surface area contributed by atoms with E-state index in [4.69, 9.17) is 0 Å². The summed E-state index contributed by atoms with van der Waals surface area (Å²) in [5, 5.41) is 5.04. The lowest BCUT2D eigenvalue weighted by Crippen LogP contribution is -2.28. The molecule has 2 aromatic heterocycles. The number of benzene rings is 12. The number of fused-ring (bicyclic) bond motifs is 20. The largest absolute Gasteiger partial charge is 0.310 e. The Kier molecular flexibility index (Phi) is 8.88. The third-order valence-corrected chi connectivity index (χ3v) is 18.6. The Balaban J connectivity index is 0.992. The second-order valence-electron chi connectivity index (χ2n) is 21.0. The maximum absolute atomic E-state index is 2.59. The zero-order valence-corrected chi connectivity index (χ0v) is 42.7. The highest BCUT2D eigenvalue weighted by Gasteiger charge is 2.53. The van der Waals surface area contributed by atoms with E-state index in [-0.39, 0.29) is 0 Å². The van der Waals surface area contributed by atoms with E-state index in [0.717, 1.165) is 22.7 Å². The number of anilines is 3. The molecule has 0 bridgehead atoms. The maximum atomic E-state index is 2.59. The second-order valence-corrected chi connectivity index (χ2v) is 22.1. The minimum atomic E-state index is -0.579. The molecule has 2 heterocycles. The predicted octanol–water partition coefficient (Wildman–Crippen LogP) is 19.3. The lowest BCUT2D eigenvalue weighted by atomic mass is 9.67. The Labute approximate surface area is 450 Å². The van der Waals surface area contributed by atoms with E-state index in [2.05, 4.69) is 289 Å². The number of thiophene rings is 1. The molecule has 0 unspecified atom stereocenters. The van der Waals surface area contributed by atoms with Gasteiger partial charge in [0.1, 0.15) is 0 Å². The van der Waals surface area contributed by atoms with Crippen molar-refractivity contribution >= 4 is 70.4 Å². The lowest BCUT2D eigenvalue weighted by molar-refractivity contribution is 0.768. The van der Waals surface area contributed by atoms with E-state index < -0.39 is 10.8 Å². The highest BCUT2D eigenvalue weighted by atomic mass is 32.1. The van der Waals surface area contributed by atoms with Crippen LogP contribution in [0, 0.1) is 0 Å². The fraction of sp³-hybridized carbons (Fsp3) is 0.0270. The maximum Gasteiger partial charge on any atom is 0.0726 e. The van der Waals surface area contributed by atoms with Crippen LogP contribution in [-0.2, 0) is 10.8 Å². The van der Waals surface area contributed by atoms with Crippen molar-refractivity contribution in [2.24, 2.45) is 0 Å². The summed E-state index contributed by atoms with van der Waals surface area (Å²) < 4.78 is 5.11. The van der Waals surface area contributed by atoms with Gasteiger partial charge in [0.25, 0.3) is 0 Å². The van der Waals surface area contributed by atoms with Gasteiger partial charge in [-0.05, 0) is 133 Å². The van der Waals surface area contributed by atoms with Crippen molar-refractivity contribution < 1.29 is 0 Å². The predicted molar refractivity (Wildman–Crippen MR) is 322 cm³/mol. The van der Waals surface area contributed by atoms with Gasteiger partial charge < -0.3 is 9.47 Å². The summed E-state index contributed by atoms with van der Waals surface area (Å²) >= 11 is 1.88. The molecule has 358 valence electrons. The first kappa shape index (κ1) is 42.8. The van der Waals surface area contributed by atoms with Crippen LogP contribution >= 0.6 is 11.3 Å². The number of rotatable bonds is 6. The number of aromatic nitrogens is 1. The third-order valence-electron chi connectivity index (χ3n) is 17.5. The van der Waals surface area contributed by atoms with Gasteiger partial charge in [0.05, 0.1) is 27.6 Å². The number of hydrogen-bond acceptors (Lipinski definition) is 2. The van der Waals surface area contributed by atoms with Crippen molar-refractivity contribution in [3.05, 3.63) is 324 Å². The quantitative estimate of drug-likeness (QED) is 0.161. The molecule has 0 aliphatic heterocycles. The second kappa shape index (κ2) is 16.0. The Bertz CT molecular complexity index is 4670. The van der Waals surface area contributed by atoms with Crippen molar-refractivity contribution in [1.29, 1.82) is 0 Å². The summed E-state index contributed by atoms with van der Waals surface area (Å²) in [6.45, 7) is 0. The van der Waals surface area contributed by atoms with E-state index in [1.54, 1.807) is 0 Å². The van der Waals surface area contributed by atoms with Crippen molar-refractivity contribution in [2.75, 3.05) is 4.90 Å². The number of nitrogens with zero attached hydrogens (tertiary/aromatic N) is 2. The van der Waals surface area contributed by atoms with Crippen LogP contribution in [0.5, 0.6) is 0 Å². The monoisotopic (exact) mass is 994 g/mol. The topological polar surface area (TPSA) is 8.17 Å². The molecule has 0 atom stereocenters. The van der Waals surface area contributed by atoms with Gasteiger partial charge >= 0.3 is 0 Å². The Morgan fingerprint density at radius 2 is 0.844 bits per heavy atom. The van der Waals surface area contributed by atoms with E-state index in [1.165, 1.54) is 120 Å². The van der Waals surface area contributed by atoms with Crippen LogP contribution in [0.2, 0.25) is 0 Å². The molecule has 14 aromatic rings. The molecule has 17 rings (SSSR count). The summed E-state index contributed by atoms with van der Waals surface area (Å²) in [5.41, 5.74) is 23.9. The Hall–Kier alpha value is -9.54. The van der Waals surface area contributed by atoms with E-state index in [0.29, 0.717) is 0 Å². The minimum Gasteiger partial charge on any atom is -0.310 e. The molecule has 0 radical (unpaired) electrons. The molecule has 3 aliphatic carbocycles. The molecule has 1 spiro atoms. The van der Waals surface area contributed by atoms with Crippen LogP contribution < -0.4 is 4.90 Å². The van der Waals surface area contributed by atoms with Crippen LogP contribution in [0.15, 0.2) is 279 Å². The molecule has 0 saturated heterocycles. The van der Waals surface area contributed by atoms with Crippen molar-refractivity contribution in [3.63, 3.8) is 0 Å². The SMILES string of the molecule is c1ccc(-n2c3ccc(N(c4ccc5c(c4)C(c4ccccc4)(c4ccccc4)c4ccccc4-5)c4cccc5c4-c4ccccc4C54c5ccccc5-c5ccccc54)cc3c3ccc4sc5ccccc5c4c32)cc1. The third kappa shape index (κ3) is 5.58. The average molecular weight is 995 g/mol. The Morgan fingerprint density at radius 1 is 0.325 bits per heavy atom. The molecule has 0 amide bonds. The van der Waals surface area contributed by atoms with E-state index in [1.807, 2.05) is 11.3 Å². The van der Waals surface area contributed by atoms with E-state index >= 15 is 0 Å². The van der Waals surface area contributed by atoms with Gasteiger partial charge in [-0.3, -0.25) is 0 Å². The van der Waals surface area contributed by atoms with Gasteiger partial charge in [0.15, 0.2) is 0 Å². The van der Waals surface area contributed by atoms with Crippen LogP contribution in [0.4, 0.5) is 17.1 Å². The fourth-order valence-electron chi connectivity index (χ4n) is 14.6. The zero-order chi connectivity index (χ0) is 50.4. The van der Waals surface area contributed by atoms with Gasteiger partial charge in [-0.1, -0.05) is 218 Å². The smallest absolute Gasteiger partial charge is 0.0726 e. The Morgan fingerprint density at radius 3 is 1.52 bits per heavy atom. The van der Waals surface area contributed by atoms with E-state index in [9.17, 15) is 0 Å².